The summed E-state index contributed by atoms with van der Waals surface area (Å²) in [5.74, 6) is 0.638. The van der Waals surface area contributed by atoms with Crippen molar-refractivity contribution in [1.29, 1.82) is 0 Å². The normalized spacial score (nSPS) is 21.4. The third-order valence-corrected chi connectivity index (χ3v) is 3.93. The van der Waals surface area contributed by atoms with E-state index in [-0.39, 0.29) is 0 Å². The molecule has 2 atom stereocenters. The topological polar surface area (TPSA) is 39.1 Å². The molecule has 1 saturated heterocycles. The lowest BCUT2D eigenvalue weighted by Gasteiger charge is -2.24. The van der Waals surface area contributed by atoms with E-state index in [1.54, 1.807) is 0 Å². The second-order valence-corrected chi connectivity index (χ2v) is 5.25. The Morgan fingerprint density at radius 2 is 2.39 bits per heavy atom. The zero-order chi connectivity index (χ0) is 13.0. The van der Waals surface area contributed by atoms with Gasteiger partial charge in [-0.2, -0.15) is 0 Å². The minimum atomic E-state index is 0.500. The first-order valence-corrected chi connectivity index (χ1v) is 7.01. The van der Waals surface area contributed by atoms with Crippen LogP contribution in [0.25, 0.3) is 0 Å². The highest BCUT2D eigenvalue weighted by Crippen LogP contribution is 2.19. The van der Waals surface area contributed by atoms with Gasteiger partial charge in [-0.3, -0.25) is 0 Å². The van der Waals surface area contributed by atoms with Gasteiger partial charge in [-0.1, -0.05) is 6.92 Å². The molecule has 1 N–H and O–H groups in total. The number of ether oxygens (including phenoxy) is 1. The first-order chi connectivity index (χ1) is 8.72. The first kappa shape index (κ1) is 13.6. The van der Waals surface area contributed by atoms with Gasteiger partial charge in [0.15, 0.2) is 0 Å². The summed E-state index contributed by atoms with van der Waals surface area (Å²) in [5, 5.41) is 3.67. The van der Waals surface area contributed by atoms with Gasteiger partial charge in [0.2, 0.25) is 0 Å². The molecule has 1 aromatic rings. The van der Waals surface area contributed by atoms with Gasteiger partial charge < -0.3 is 14.6 Å². The van der Waals surface area contributed by atoms with E-state index in [0.717, 1.165) is 32.0 Å². The largest absolute Gasteiger partial charge is 0.381 e. The molecular weight excluding hydrogens is 226 g/mol. The van der Waals surface area contributed by atoms with Crippen LogP contribution in [-0.2, 0) is 11.3 Å². The van der Waals surface area contributed by atoms with Crippen molar-refractivity contribution in [3.63, 3.8) is 0 Å². The Morgan fingerprint density at radius 3 is 2.94 bits per heavy atom. The van der Waals surface area contributed by atoms with Crippen LogP contribution >= 0.6 is 0 Å². The molecule has 0 aromatic carbocycles. The second-order valence-electron chi connectivity index (χ2n) is 5.25. The van der Waals surface area contributed by atoms with Crippen molar-refractivity contribution < 1.29 is 4.74 Å². The Kier molecular flexibility index (Phi) is 4.78. The molecule has 0 spiro atoms. The number of hydrogen-bond donors (Lipinski definition) is 1. The number of rotatable bonds is 6. The van der Waals surface area contributed by atoms with Gasteiger partial charge in [0, 0.05) is 30.8 Å². The number of hydrogen-bond acceptors (Lipinski definition) is 3. The van der Waals surface area contributed by atoms with Gasteiger partial charge in [-0.05, 0) is 33.2 Å². The Hall–Kier alpha value is -0.870. The Labute approximate surface area is 110 Å². The molecule has 2 rings (SSSR count). The molecule has 0 saturated carbocycles. The van der Waals surface area contributed by atoms with Crippen LogP contribution in [0, 0.1) is 19.8 Å². The van der Waals surface area contributed by atoms with Crippen LogP contribution < -0.4 is 5.32 Å². The van der Waals surface area contributed by atoms with Crippen LogP contribution in [0.2, 0.25) is 0 Å². The van der Waals surface area contributed by atoms with E-state index in [4.69, 9.17) is 4.74 Å². The van der Waals surface area contributed by atoms with Crippen molar-refractivity contribution in [2.75, 3.05) is 19.8 Å². The number of aryl methyl sites for hydroxylation is 1. The monoisotopic (exact) mass is 251 g/mol. The van der Waals surface area contributed by atoms with E-state index < -0.39 is 0 Å². The minimum absolute atomic E-state index is 0.500. The summed E-state index contributed by atoms with van der Waals surface area (Å²) in [6.07, 6.45) is 4.31. The minimum Gasteiger partial charge on any atom is -0.381 e. The smallest absolute Gasteiger partial charge is 0.0951 e. The molecule has 1 aliphatic heterocycles. The summed E-state index contributed by atoms with van der Waals surface area (Å²) in [6, 6.07) is 0.500. The molecule has 4 nitrogen and oxygen atoms in total. The first-order valence-electron chi connectivity index (χ1n) is 7.01. The van der Waals surface area contributed by atoms with Gasteiger partial charge in [-0.25, -0.2) is 4.98 Å². The van der Waals surface area contributed by atoms with E-state index in [1.165, 1.54) is 18.5 Å². The highest BCUT2D eigenvalue weighted by atomic mass is 16.5. The third kappa shape index (κ3) is 3.12. The average molecular weight is 251 g/mol. The van der Waals surface area contributed by atoms with Crippen molar-refractivity contribution in [2.24, 2.45) is 5.92 Å². The molecule has 1 aromatic heterocycles. The molecule has 0 radical (unpaired) electrons. The van der Waals surface area contributed by atoms with E-state index in [0.29, 0.717) is 12.0 Å². The van der Waals surface area contributed by atoms with Crippen LogP contribution in [0.1, 0.15) is 31.2 Å². The maximum Gasteiger partial charge on any atom is 0.0951 e. The predicted molar refractivity (Wildman–Crippen MR) is 72.7 cm³/mol. The second kappa shape index (κ2) is 6.34. The van der Waals surface area contributed by atoms with E-state index in [1.807, 2.05) is 6.33 Å². The standard InChI is InChI=1S/C14H25N3O/c1-4-6-15-14(13-5-7-18-9-13)8-17-10-16-11(2)12(17)3/h10,13-15H,4-9H2,1-3H3. The van der Waals surface area contributed by atoms with Crippen LogP contribution in [0.4, 0.5) is 0 Å². The molecule has 2 heterocycles. The highest BCUT2D eigenvalue weighted by Gasteiger charge is 2.25. The third-order valence-electron chi connectivity index (χ3n) is 3.93. The number of imidazole rings is 1. The maximum atomic E-state index is 5.53. The molecule has 102 valence electrons. The van der Waals surface area contributed by atoms with E-state index in [9.17, 15) is 0 Å². The highest BCUT2D eigenvalue weighted by molar-refractivity contribution is 5.08. The van der Waals surface area contributed by atoms with Crippen molar-refractivity contribution >= 4 is 0 Å². The molecule has 18 heavy (non-hydrogen) atoms. The lowest BCUT2D eigenvalue weighted by Crippen LogP contribution is -2.40. The average Bonchev–Trinajstić information content (AvgIpc) is 2.99. The van der Waals surface area contributed by atoms with Crippen molar-refractivity contribution in [3.05, 3.63) is 17.7 Å². The molecule has 0 amide bonds. The number of nitrogens with zero attached hydrogens (tertiary/aromatic N) is 2. The molecule has 1 aliphatic rings. The van der Waals surface area contributed by atoms with Crippen molar-refractivity contribution in [3.8, 4) is 0 Å². The summed E-state index contributed by atoms with van der Waals surface area (Å²) in [6.45, 7) is 10.3. The molecule has 0 aliphatic carbocycles. The number of aromatic nitrogens is 2. The van der Waals surface area contributed by atoms with Crippen LogP contribution in [0.5, 0.6) is 0 Å². The van der Waals surface area contributed by atoms with Crippen molar-refractivity contribution in [1.82, 2.24) is 14.9 Å². The maximum absolute atomic E-state index is 5.53. The summed E-state index contributed by atoms with van der Waals surface area (Å²) < 4.78 is 7.79. The van der Waals surface area contributed by atoms with Gasteiger partial charge in [0.25, 0.3) is 0 Å². The predicted octanol–water partition coefficient (Wildman–Crippen LogP) is 1.90. The van der Waals surface area contributed by atoms with Crippen molar-refractivity contribution in [2.45, 2.75) is 46.2 Å². The Morgan fingerprint density at radius 1 is 1.56 bits per heavy atom. The fraction of sp³-hybridized carbons (Fsp3) is 0.786. The molecule has 2 unspecified atom stereocenters. The van der Waals surface area contributed by atoms with E-state index >= 15 is 0 Å². The molecule has 1 fully saturated rings. The zero-order valence-electron chi connectivity index (χ0n) is 11.8. The SMILES string of the molecule is CCCNC(Cn1cnc(C)c1C)C1CCOC1. The number of nitrogens with one attached hydrogen (secondary N) is 1. The Bertz CT molecular complexity index is 369. The molecule has 4 heteroatoms. The molecular formula is C14H25N3O. The summed E-state index contributed by atoms with van der Waals surface area (Å²) >= 11 is 0. The van der Waals surface area contributed by atoms with Gasteiger partial charge in [-0.15, -0.1) is 0 Å². The van der Waals surface area contributed by atoms with Crippen LogP contribution in [0.3, 0.4) is 0 Å². The quantitative estimate of drug-likeness (QED) is 0.839. The zero-order valence-corrected chi connectivity index (χ0v) is 11.8. The van der Waals surface area contributed by atoms with Crippen LogP contribution in [-0.4, -0.2) is 35.4 Å². The lowest BCUT2D eigenvalue weighted by molar-refractivity contribution is 0.173. The lowest BCUT2D eigenvalue weighted by atomic mass is 9.98. The molecule has 0 bridgehead atoms. The van der Waals surface area contributed by atoms with Gasteiger partial charge in [0.05, 0.1) is 18.6 Å². The Balaban J connectivity index is 2.01. The summed E-state index contributed by atoms with van der Waals surface area (Å²) in [7, 11) is 0. The fourth-order valence-corrected chi connectivity index (χ4v) is 2.52. The van der Waals surface area contributed by atoms with E-state index in [2.05, 4.69) is 35.6 Å². The summed E-state index contributed by atoms with van der Waals surface area (Å²) in [5.41, 5.74) is 2.41. The van der Waals surface area contributed by atoms with Gasteiger partial charge in [0.1, 0.15) is 0 Å². The van der Waals surface area contributed by atoms with Gasteiger partial charge >= 0.3 is 0 Å². The summed E-state index contributed by atoms with van der Waals surface area (Å²) in [4.78, 5) is 4.38. The fourth-order valence-electron chi connectivity index (χ4n) is 2.52. The van der Waals surface area contributed by atoms with Crippen LogP contribution in [0.15, 0.2) is 6.33 Å².